The van der Waals surface area contributed by atoms with Crippen LogP contribution in [0, 0.1) is 5.41 Å². The van der Waals surface area contributed by atoms with Crippen LogP contribution in [0.3, 0.4) is 0 Å². The van der Waals surface area contributed by atoms with Gasteiger partial charge in [0.05, 0.1) is 19.3 Å². The van der Waals surface area contributed by atoms with Crippen molar-refractivity contribution in [2.24, 2.45) is 10.4 Å². The summed E-state index contributed by atoms with van der Waals surface area (Å²) in [5.74, 6) is 1.01. The lowest BCUT2D eigenvalue weighted by atomic mass is 9.65. The molecule has 5 nitrogen and oxygen atoms in total. The van der Waals surface area contributed by atoms with Crippen LogP contribution in [0.2, 0.25) is 0 Å². The molecule has 0 bridgehead atoms. The number of ether oxygens (including phenoxy) is 1. The number of nitrogens with zero attached hydrogens (tertiary/aromatic N) is 3. The van der Waals surface area contributed by atoms with Gasteiger partial charge in [-0.25, -0.2) is 0 Å². The topological polar surface area (TPSA) is 40.1 Å². The van der Waals surface area contributed by atoms with Crippen molar-refractivity contribution in [2.75, 3.05) is 46.4 Å². The Bertz CT molecular complexity index is 597. The minimum Gasteiger partial charge on any atom is -0.379 e. The molecular formula is C19H33IN4OS. The van der Waals surface area contributed by atoms with Crippen LogP contribution >= 0.6 is 35.3 Å². The summed E-state index contributed by atoms with van der Waals surface area (Å²) in [7, 11) is 1.89. The molecule has 1 unspecified atom stereocenters. The molecule has 1 aromatic rings. The highest BCUT2D eigenvalue weighted by Crippen LogP contribution is 2.46. The number of rotatable bonds is 4. The number of hydrogen-bond donors (Lipinski definition) is 1. The summed E-state index contributed by atoms with van der Waals surface area (Å²) in [6.45, 7) is 14.8. The fourth-order valence-electron chi connectivity index (χ4n) is 3.66. The maximum atomic E-state index is 5.54. The fourth-order valence-corrected chi connectivity index (χ4v) is 4.52. The summed E-state index contributed by atoms with van der Waals surface area (Å²) >= 11 is 1.84. The standard InChI is InChI=1S/C19H32N4OS.HI/c1-18(2)14-23(19(18,3)4)17(20-5)21-13-15(16-7-6-12-25-16)22-8-10-24-11-9-22;/h6-7,12,15H,8-11,13-14H2,1-5H3,(H,20,21);1H. The van der Waals surface area contributed by atoms with Gasteiger partial charge in [0, 0.05) is 49.1 Å². The van der Waals surface area contributed by atoms with Crippen LogP contribution in [0.25, 0.3) is 0 Å². The minimum atomic E-state index is 0. The predicted molar refractivity (Wildman–Crippen MR) is 121 cm³/mol. The van der Waals surface area contributed by atoms with Crippen molar-refractivity contribution in [3.8, 4) is 0 Å². The second-order valence-electron chi connectivity index (χ2n) is 8.14. The molecule has 2 aliphatic rings. The van der Waals surface area contributed by atoms with Gasteiger partial charge in [-0.2, -0.15) is 0 Å². The van der Waals surface area contributed by atoms with Crippen LogP contribution in [0.5, 0.6) is 0 Å². The number of nitrogens with one attached hydrogen (secondary N) is 1. The molecule has 0 aliphatic carbocycles. The Morgan fingerprint density at radius 2 is 2.00 bits per heavy atom. The highest BCUT2D eigenvalue weighted by Gasteiger charge is 2.53. The van der Waals surface area contributed by atoms with E-state index >= 15 is 0 Å². The summed E-state index contributed by atoms with van der Waals surface area (Å²) in [5, 5.41) is 5.82. The van der Waals surface area contributed by atoms with E-state index in [0.29, 0.717) is 11.5 Å². The lowest BCUT2D eigenvalue weighted by Crippen LogP contribution is -2.72. The van der Waals surface area contributed by atoms with Crippen LogP contribution in [0.15, 0.2) is 22.5 Å². The molecule has 1 atom stereocenters. The number of likely N-dealkylation sites (tertiary alicyclic amines) is 1. The fraction of sp³-hybridized carbons (Fsp3) is 0.737. The molecule has 26 heavy (non-hydrogen) atoms. The number of morpholine rings is 1. The van der Waals surface area contributed by atoms with Crippen LogP contribution in [-0.4, -0.2) is 67.7 Å². The molecule has 2 fully saturated rings. The van der Waals surface area contributed by atoms with Gasteiger partial charge in [-0.05, 0) is 25.3 Å². The van der Waals surface area contributed by atoms with Gasteiger partial charge in [-0.1, -0.05) is 19.9 Å². The van der Waals surface area contributed by atoms with Crippen molar-refractivity contribution < 1.29 is 4.74 Å². The monoisotopic (exact) mass is 492 g/mol. The Morgan fingerprint density at radius 3 is 2.50 bits per heavy atom. The van der Waals surface area contributed by atoms with E-state index in [1.165, 1.54) is 4.88 Å². The first-order valence-electron chi connectivity index (χ1n) is 9.20. The number of aliphatic imine (C=N–C) groups is 1. The van der Waals surface area contributed by atoms with Crippen molar-refractivity contribution in [1.82, 2.24) is 15.1 Å². The van der Waals surface area contributed by atoms with Gasteiger partial charge >= 0.3 is 0 Å². The first-order valence-corrected chi connectivity index (χ1v) is 10.1. The maximum absolute atomic E-state index is 5.54. The molecule has 3 heterocycles. The molecule has 2 aliphatic heterocycles. The highest BCUT2D eigenvalue weighted by molar-refractivity contribution is 14.0. The van der Waals surface area contributed by atoms with Crippen molar-refractivity contribution in [3.05, 3.63) is 22.4 Å². The van der Waals surface area contributed by atoms with E-state index in [2.05, 4.69) is 65.3 Å². The van der Waals surface area contributed by atoms with Crippen molar-refractivity contribution in [2.45, 2.75) is 39.3 Å². The van der Waals surface area contributed by atoms with Gasteiger partial charge in [-0.15, -0.1) is 35.3 Å². The van der Waals surface area contributed by atoms with Gasteiger partial charge in [0.25, 0.3) is 0 Å². The first-order chi connectivity index (χ1) is 11.9. The Labute approximate surface area is 179 Å². The molecule has 0 amide bonds. The third-order valence-electron chi connectivity index (χ3n) is 6.16. The normalized spacial score (nSPS) is 23.7. The summed E-state index contributed by atoms with van der Waals surface area (Å²) < 4.78 is 5.54. The third-order valence-corrected chi connectivity index (χ3v) is 7.14. The zero-order valence-electron chi connectivity index (χ0n) is 16.6. The van der Waals surface area contributed by atoms with Gasteiger partial charge in [0.1, 0.15) is 0 Å². The third kappa shape index (κ3) is 4.20. The molecule has 0 aromatic carbocycles. The van der Waals surface area contributed by atoms with E-state index < -0.39 is 0 Å². The average molecular weight is 492 g/mol. The smallest absolute Gasteiger partial charge is 0.194 e. The van der Waals surface area contributed by atoms with E-state index in [0.717, 1.165) is 45.4 Å². The largest absolute Gasteiger partial charge is 0.379 e. The molecule has 1 aromatic heterocycles. The van der Waals surface area contributed by atoms with Crippen molar-refractivity contribution in [3.63, 3.8) is 0 Å². The SMILES string of the molecule is CN=C(NCC(c1cccs1)N1CCOCC1)N1CC(C)(C)C1(C)C.I. The Kier molecular flexibility index (Phi) is 7.38. The number of hydrogen-bond acceptors (Lipinski definition) is 4. The second kappa shape index (κ2) is 8.75. The van der Waals surface area contributed by atoms with Crippen LogP contribution in [0.4, 0.5) is 0 Å². The van der Waals surface area contributed by atoms with Gasteiger partial charge < -0.3 is 15.0 Å². The average Bonchev–Trinajstić information content (AvgIpc) is 3.12. The molecule has 3 rings (SSSR count). The molecule has 7 heteroatoms. The lowest BCUT2D eigenvalue weighted by Gasteiger charge is -2.62. The quantitative estimate of drug-likeness (QED) is 0.397. The molecule has 1 N–H and O–H groups in total. The number of halogens is 1. The Morgan fingerprint density at radius 1 is 1.31 bits per heavy atom. The van der Waals surface area contributed by atoms with Gasteiger partial charge in [0.15, 0.2) is 5.96 Å². The van der Waals surface area contributed by atoms with Crippen LogP contribution in [-0.2, 0) is 4.74 Å². The van der Waals surface area contributed by atoms with Gasteiger partial charge in [0.2, 0.25) is 0 Å². The predicted octanol–water partition coefficient (Wildman–Crippen LogP) is 3.44. The van der Waals surface area contributed by atoms with E-state index in [1.807, 2.05) is 18.4 Å². The summed E-state index contributed by atoms with van der Waals surface area (Å²) in [6, 6.07) is 4.76. The second-order valence-corrected chi connectivity index (χ2v) is 9.12. The van der Waals surface area contributed by atoms with Crippen molar-refractivity contribution >= 4 is 41.3 Å². The minimum absolute atomic E-state index is 0. The zero-order valence-corrected chi connectivity index (χ0v) is 19.8. The maximum Gasteiger partial charge on any atom is 0.194 e. The Hall–Kier alpha value is -0.380. The number of guanidine groups is 1. The van der Waals surface area contributed by atoms with Crippen LogP contribution in [0.1, 0.15) is 38.6 Å². The summed E-state index contributed by atoms with van der Waals surface area (Å²) in [5.41, 5.74) is 0.425. The summed E-state index contributed by atoms with van der Waals surface area (Å²) in [4.78, 5) is 10.9. The molecular weight excluding hydrogens is 459 g/mol. The first kappa shape index (κ1) is 21.9. The van der Waals surface area contributed by atoms with Crippen molar-refractivity contribution in [1.29, 1.82) is 0 Å². The Balaban J connectivity index is 0.00000243. The highest BCUT2D eigenvalue weighted by atomic mass is 127. The molecule has 0 saturated carbocycles. The molecule has 0 radical (unpaired) electrons. The zero-order chi connectivity index (χ0) is 18.1. The van der Waals surface area contributed by atoms with Gasteiger partial charge in [-0.3, -0.25) is 9.89 Å². The molecule has 148 valence electrons. The van der Waals surface area contributed by atoms with E-state index in [1.54, 1.807) is 0 Å². The molecule has 0 spiro atoms. The van der Waals surface area contributed by atoms with E-state index in [-0.39, 0.29) is 29.5 Å². The molecule has 2 saturated heterocycles. The van der Waals surface area contributed by atoms with Crippen LogP contribution < -0.4 is 5.32 Å². The van der Waals surface area contributed by atoms with E-state index in [4.69, 9.17) is 4.74 Å². The summed E-state index contributed by atoms with van der Waals surface area (Å²) in [6.07, 6.45) is 0. The van der Waals surface area contributed by atoms with E-state index in [9.17, 15) is 0 Å². The number of thiophene rings is 1. The lowest BCUT2D eigenvalue weighted by molar-refractivity contribution is -0.0670.